The number of hydrogen-bond acceptors (Lipinski definition) is 3. The van der Waals surface area contributed by atoms with Gasteiger partial charge in [0, 0.05) is 29.1 Å². The van der Waals surface area contributed by atoms with Gasteiger partial charge in [-0.3, -0.25) is 5.10 Å². The van der Waals surface area contributed by atoms with Gasteiger partial charge in [0.05, 0.1) is 5.69 Å². The van der Waals surface area contributed by atoms with E-state index in [2.05, 4.69) is 35.6 Å². The first-order valence-electron chi connectivity index (χ1n) is 5.99. The zero-order chi connectivity index (χ0) is 11.5. The molecule has 0 spiro atoms. The number of nitrogens with zero attached hydrogens (tertiary/aromatic N) is 1. The third-order valence-corrected chi connectivity index (χ3v) is 4.75. The number of thioether (sulfide) groups is 1. The van der Waals surface area contributed by atoms with Crippen LogP contribution in [-0.4, -0.2) is 27.7 Å². The van der Waals surface area contributed by atoms with Gasteiger partial charge in [-0.15, -0.1) is 0 Å². The standard InChI is InChI=1S/C12H21N3S/c1-8-10(9(2)15-14-8)7-13-11-5-4-6-12(11)16-3/h11-13H,4-7H2,1-3H3,(H,14,15). The molecule has 3 nitrogen and oxygen atoms in total. The van der Waals surface area contributed by atoms with Crippen molar-refractivity contribution in [3.05, 3.63) is 17.0 Å². The van der Waals surface area contributed by atoms with Crippen LogP contribution in [0.25, 0.3) is 0 Å². The van der Waals surface area contributed by atoms with Crippen molar-refractivity contribution in [3.63, 3.8) is 0 Å². The highest BCUT2D eigenvalue weighted by Crippen LogP contribution is 2.28. The van der Waals surface area contributed by atoms with Crippen LogP contribution in [0.4, 0.5) is 0 Å². The highest BCUT2D eigenvalue weighted by Gasteiger charge is 2.26. The molecule has 4 heteroatoms. The Labute approximate surface area is 102 Å². The second-order valence-corrected chi connectivity index (χ2v) is 5.68. The third kappa shape index (κ3) is 2.43. The Hall–Kier alpha value is -0.480. The van der Waals surface area contributed by atoms with E-state index in [0.717, 1.165) is 17.5 Å². The summed E-state index contributed by atoms with van der Waals surface area (Å²) in [4.78, 5) is 0. The minimum Gasteiger partial charge on any atom is -0.309 e. The molecule has 1 fully saturated rings. The molecule has 0 aromatic carbocycles. The van der Waals surface area contributed by atoms with Gasteiger partial charge in [0.1, 0.15) is 0 Å². The van der Waals surface area contributed by atoms with Crippen LogP contribution in [0.1, 0.15) is 36.2 Å². The van der Waals surface area contributed by atoms with E-state index in [4.69, 9.17) is 0 Å². The van der Waals surface area contributed by atoms with Gasteiger partial charge in [-0.25, -0.2) is 0 Å². The number of hydrogen-bond donors (Lipinski definition) is 2. The average Bonchev–Trinajstić information content (AvgIpc) is 2.84. The fourth-order valence-electron chi connectivity index (χ4n) is 2.51. The Morgan fingerprint density at radius 1 is 1.44 bits per heavy atom. The molecule has 1 heterocycles. The van der Waals surface area contributed by atoms with Gasteiger partial charge in [-0.1, -0.05) is 6.42 Å². The summed E-state index contributed by atoms with van der Waals surface area (Å²) < 4.78 is 0. The molecule has 2 N–H and O–H groups in total. The number of aromatic amines is 1. The first-order chi connectivity index (χ1) is 7.72. The third-order valence-electron chi connectivity index (χ3n) is 3.58. The van der Waals surface area contributed by atoms with E-state index in [9.17, 15) is 0 Å². The largest absolute Gasteiger partial charge is 0.309 e. The van der Waals surface area contributed by atoms with Gasteiger partial charge in [0.15, 0.2) is 0 Å². The second kappa shape index (κ2) is 5.23. The molecule has 2 atom stereocenters. The van der Waals surface area contributed by atoms with Crippen molar-refractivity contribution >= 4 is 11.8 Å². The number of aryl methyl sites for hydroxylation is 2. The van der Waals surface area contributed by atoms with Gasteiger partial charge < -0.3 is 5.32 Å². The molecule has 1 aliphatic carbocycles. The monoisotopic (exact) mass is 239 g/mol. The maximum atomic E-state index is 4.23. The summed E-state index contributed by atoms with van der Waals surface area (Å²) in [6, 6.07) is 0.684. The van der Waals surface area contributed by atoms with Crippen molar-refractivity contribution in [2.45, 2.75) is 50.9 Å². The van der Waals surface area contributed by atoms with Crippen LogP contribution >= 0.6 is 11.8 Å². The number of rotatable bonds is 4. The van der Waals surface area contributed by atoms with Crippen LogP contribution in [0.15, 0.2) is 0 Å². The minimum absolute atomic E-state index is 0.684. The molecule has 1 aromatic heterocycles. The lowest BCUT2D eigenvalue weighted by atomic mass is 10.1. The molecule has 0 aliphatic heterocycles. The molecule has 0 bridgehead atoms. The summed E-state index contributed by atoms with van der Waals surface area (Å²) in [6.07, 6.45) is 6.27. The summed E-state index contributed by atoms with van der Waals surface area (Å²) in [5, 5.41) is 11.8. The summed E-state index contributed by atoms with van der Waals surface area (Å²) in [5.74, 6) is 0. The van der Waals surface area contributed by atoms with E-state index in [0.29, 0.717) is 6.04 Å². The Balaban J connectivity index is 1.92. The quantitative estimate of drug-likeness (QED) is 0.847. The van der Waals surface area contributed by atoms with Crippen LogP contribution in [0, 0.1) is 13.8 Å². The van der Waals surface area contributed by atoms with Crippen molar-refractivity contribution in [2.24, 2.45) is 0 Å². The zero-order valence-corrected chi connectivity index (χ0v) is 11.2. The summed E-state index contributed by atoms with van der Waals surface area (Å²) in [7, 11) is 0. The van der Waals surface area contributed by atoms with E-state index >= 15 is 0 Å². The smallest absolute Gasteiger partial charge is 0.0638 e. The van der Waals surface area contributed by atoms with Gasteiger partial charge in [-0.2, -0.15) is 16.9 Å². The SMILES string of the molecule is CSC1CCCC1NCc1c(C)n[nH]c1C. The molecule has 0 amide bonds. The number of aromatic nitrogens is 2. The van der Waals surface area contributed by atoms with E-state index in [1.54, 1.807) is 0 Å². The highest BCUT2D eigenvalue weighted by molar-refractivity contribution is 7.99. The Morgan fingerprint density at radius 3 is 2.88 bits per heavy atom. The van der Waals surface area contributed by atoms with Crippen molar-refractivity contribution in [3.8, 4) is 0 Å². The number of nitrogens with one attached hydrogen (secondary N) is 2. The van der Waals surface area contributed by atoms with E-state index in [-0.39, 0.29) is 0 Å². The first-order valence-corrected chi connectivity index (χ1v) is 7.27. The highest BCUT2D eigenvalue weighted by atomic mass is 32.2. The molecule has 2 rings (SSSR count). The topological polar surface area (TPSA) is 40.7 Å². The minimum atomic E-state index is 0.684. The molecule has 1 aromatic rings. The zero-order valence-electron chi connectivity index (χ0n) is 10.3. The Morgan fingerprint density at radius 2 is 2.25 bits per heavy atom. The van der Waals surface area contributed by atoms with Crippen molar-refractivity contribution in [1.29, 1.82) is 0 Å². The molecule has 16 heavy (non-hydrogen) atoms. The second-order valence-electron chi connectivity index (χ2n) is 4.61. The fourth-order valence-corrected chi connectivity index (χ4v) is 3.47. The van der Waals surface area contributed by atoms with Crippen molar-refractivity contribution in [2.75, 3.05) is 6.26 Å². The molecule has 2 unspecified atom stereocenters. The normalized spacial score (nSPS) is 25.2. The van der Waals surface area contributed by atoms with Crippen LogP contribution < -0.4 is 5.32 Å². The van der Waals surface area contributed by atoms with Crippen LogP contribution in [-0.2, 0) is 6.54 Å². The molecule has 0 radical (unpaired) electrons. The molecular formula is C12H21N3S. The van der Waals surface area contributed by atoms with Crippen LogP contribution in [0.5, 0.6) is 0 Å². The maximum absolute atomic E-state index is 4.23. The van der Waals surface area contributed by atoms with Gasteiger partial charge in [-0.05, 0) is 32.9 Å². The van der Waals surface area contributed by atoms with Crippen molar-refractivity contribution < 1.29 is 0 Å². The van der Waals surface area contributed by atoms with Gasteiger partial charge in [0.25, 0.3) is 0 Å². The average molecular weight is 239 g/mol. The van der Waals surface area contributed by atoms with E-state index < -0.39 is 0 Å². The fraction of sp³-hybridized carbons (Fsp3) is 0.750. The summed E-state index contributed by atoms with van der Waals surface area (Å²) in [6.45, 7) is 5.12. The maximum Gasteiger partial charge on any atom is 0.0638 e. The predicted molar refractivity (Wildman–Crippen MR) is 69.8 cm³/mol. The molecular weight excluding hydrogens is 218 g/mol. The van der Waals surface area contributed by atoms with E-state index in [1.165, 1.54) is 30.5 Å². The first kappa shape index (κ1) is 12.0. The molecule has 90 valence electrons. The lowest BCUT2D eigenvalue weighted by molar-refractivity contribution is 0.530. The molecule has 1 aliphatic rings. The molecule has 0 saturated heterocycles. The van der Waals surface area contributed by atoms with Crippen LogP contribution in [0.3, 0.4) is 0 Å². The lowest BCUT2D eigenvalue weighted by Gasteiger charge is -2.19. The lowest BCUT2D eigenvalue weighted by Crippen LogP contribution is -2.33. The summed E-state index contributed by atoms with van der Waals surface area (Å²) in [5.41, 5.74) is 3.67. The summed E-state index contributed by atoms with van der Waals surface area (Å²) >= 11 is 2.00. The molecule has 1 saturated carbocycles. The van der Waals surface area contributed by atoms with E-state index in [1.807, 2.05) is 11.8 Å². The number of H-pyrrole nitrogens is 1. The van der Waals surface area contributed by atoms with Gasteiger partial charge in [0.2, 0.25) is 0 Å². The Kier molecular flexibility index (Phi) is 3.92. The predicted octanol–water partition coefficient (Wildman–Crippen LogP) is 2.40. The van der Waals surface area contributed by atoms with Crippen LogP contribution in [0.2, 0.25) is 0 Å². The Bertz CT molecular complexity index is 329. The van der Waals surface area contributed by atoms with Crippen molar-refractivity contribution in [1.82, 2.24) is 15.5 Å². The van der Waals surface area contributed by atoms with Gasteiger partial charge >= 0.3 is 0 Å².